The fraction of sp³-hybridized carbons (Fsp3) is 0.300. The molecular weight excluding hydrogens is 426 g/mol. The Morgan fingerprint density at radius 3 is 2.31 bits per heavy atom. The zero-order valence-corrected chi connectivity index (χ0v) is 18.6. The molecule has 0 aliphatic carbocycles. The molecule has 0 N–H and O–H groups in total. The number of hydrogen-bond acceptors (Lipinski definition) is 6. The summed E-state index contributed by atoms with van der Waals surface area (Å²) in [5.74, 6) is -0.149. The molecule has 1 amide bonds. The van der Waals surface area contributed by atoms with Gasteiger partial charge in [-0.05, 0) is 26.0 Å². The van der Waals surface area contributed by atoms with Crippen LogP contribution in [0.4, 0.5) is 0 Å². The number of aryl methyl sites for hydroxylation is 2. The monoisotopic (exact) mass is 447 g/mol. The normalized spacial score (nSPS) is 15.6. The molecule has 1 aliphatic heterocycles. The van der Waals surface area contributed by atoms with Gasteiger partial charge in [-0.3, -0.25) is 4.79 Å². The van der Waals surface area contributed by atoms with E-state index in [1.807, 2.05) is 44.2 Å². The fourth-order valence-electron chi connectivity index (χ4n) is 3.17. The van der Waals surface area contributed by atoms with Crippen molar-refractivity contribution in [3.8, 4) is 10.6 Å². The van der Waals surface area contributed by atoms with E-state index in [4.69, 9.17) is 0 Å². The van der Waals surface area contributed by atoms with E-state index in [1.54, 1.807) is 16.3 Å². The number of rotatable bonds is 4. The van der Waals surface area contributed by atoms with Gasteiger partial charge in [-0.25, -0.2) is 13.4 Å². The van der Waals surface area contributed by atoms with Crippen molar-refractivity contribution in [3.05, 3.63) is 57.9 Å². The summed E-state index contributed by atoms with van der Waals surface area (Å²) in [6.45, 7) is 5.22. The Morgan fingerprint density at radius 2 is 1.69 bits per heavy atom. The van der Waals surface area contributed by atoms with Gasteiger partial charge in [0, 0.05) is 42.0 Å². The van der Waals surface area contributed by atoms with Gasteiger partial charge in [0.25, 0.3) is 15.9 Å². The Morgan fingerprint density at radius 1 is 1.00 bits per heavy atom. The van der Waals surface area contributed by atoms with Crippen molar-refractivity contribution < 1.29 is 13.2 Å². The topological polar surface area (TPSA) is 70.6 Å². The van der Waals surface area contributed by atoms with E-state index in [9.17, 15) is 13.2 Å². The van der Waals surface area contributed by atoms with Crippen LogP contribution in [0.1, 0.15) is 20.9 Å². The van der Waals surface area contributed by atoms with Crippen molar-refractivity contribution in [2.45, 2.75) is 18.1 Å². The van der Waals surface area contributed by atoms with Gasteiger partial charge in [0.1, 0.15) is 14.9 Å². The quantitative estimate of drug-likeness (QED) is 0.612. The summed E-state index contributed by atoms with van der Waals surface area (Å²) in [5, 5.41) is 2.58. The molecule has 0 radical (unpaired) electrons. The van der Waals surface area contributed by atoms with Crippen LogP contribution in [0.15, 0.2) is 46.0 Å². The fourth-order valence-corrected chi connectivity index (χ4v) is 6.83. The Kier molecular flexibility index (Phi) is 5.56. The highest BCUT2D eigenvalue weighted by Gasteiger charge is 2.31. The van der Waals surface area contributed by atoms with Gasteiger partial charge in [-0.1, -0.05) is 29.8 Å². The van der Waals surface area contributed by atoms with Crippen LogP contribution in [0, 0.1) is 13.8 Å². The van der Waals surface area contributed by atoms with Crippen molar-refractivity contribution in [2.75, 3.05) is 26.2 Å². The second kappa shape index (κ2) is 7.98. The molecule has 1 aliphatic rings. The Balaban J connectivity index is 1.42. The van der Waals surface area contributed by atoms with Gasteiger partial charge in [0.15, 0.2) is 0 Å². The number of aromatic nitrogens is 1. The van der Waals surface area contributed by atoms with Crippen LogP contribution >= 0.6 is 22.7 Å². The third kappa shape index (κ3) is 4.13. The van der Waals surface area contributed by atoms with Gasteiger partial charge < -0.3 is 4.90 Å². The molecule has 6 nitrogen and oxygen atoms in total. The minimum Gasteiger partial charge on any atom is -0.335 e. The number of carbonyl (C=O) groups is 1. The van der Waals surface area contributed by atoms with Gasteiger partial charge in [0.05, 0.1) is 0 Å². The first-order valence-corrected chi connectivity index (χ1v) is 12.4. The molecule has 0 spiro atoms. The first kappa shape index (κ1) is 20.2. The minimum absolute atomic E-state index is 0.149. The second-order valence-corrected chi connectivity index (χ2v) is 11.3. The van der Waals surface area contributed by atoms with Crippen LogP contribution in [0.5, 0.6) is 0 Å². The van der Waals surface area contributed by atoms with Crippen molar-refractivity contribution in [3.63, 3.8) is 0 Å². The molecule has 3 heterocycles. The highest BCUT2D eigenvalue weighted by atomic mass is 32.2. The SMILES string of the molecule is Cc1ccc(-c2nc(C(=O)N3CCN(S(=O)(=O)c4ccc(C)s4)CC3)cs2)cc1. The maximum Gasteiger partial charge on any atom is 0.273 e. The van der Waals surface area contributed by atoms with E-state index >= 15 is 0 Å². The first-order chi connectivity index (χ1) is 13.8. The van der Waals surface area contributed by atoms with Gasteiger partial charge in [-0.15, -0.1) is 22.7 Å². The number of piperazine rings is 1. The summed E-state index contributed by atoms with van der Waals surface area (Å²) < 4.78 is 27.3. The molecule has 0 unspecified atom stereocenters. The standard InChI is InChI=1S/C20H21N3O3S3/c1-14-3-6-16(7-4-14)19-21-17(13-27-19)20(24)22-9-11-23(12-10-22)29(25,26)18-8-5-15(2)28-18/h3-8,13H,9-12H2,1-2H3. The third-order valence-electron chi connectivity index (χ3n) is 4.86. The molecule has 0 atom stereocenters. The number of thiophene rings is 1. The lowest BCUT2D eigenvalue weighted by Crippen LogP contribution is -2.50. The number of hydrogen-bond donors (Lipinski definition) is 0. The average molecular weight is 448 g/mol. The van der Waals surface area contributed by atoms with Gasteiger partial charge in [0.2, 0.25) is 0 Å². The summed E-state index contributed by atoms with van der Waals surface area (Å²) in [6.07, 6.45) is 0. The molecule has 152 valence electrons. The van der Waals surface area contributed by atoms with Crippen LogP contribution in [-0.4, -0.2) is 54.7 Å². The molecular formula is C20H21N3O3S3. The van der Waals surface area contributed by atoms with Crippen LogP contribution < -0.4 is 0 Å². The molecule has 29 heavy (non-hydrogen) atoms. The zero-order valence-electron chi connectivity index (χ0n) is 16.2. The maximum atomic E-state index is 12.8. The third-order valence-corrected chi connectivity index (χ3v) is 9.12. The first-order valence-electron chi connectivity index (χ1n) is 9.23. The van der Waals surface area contributed by atoms with E-state index in [0.717, 1.165) is 15.4 Å². The predicted octanol–water partition coefficient (Wildman–Crippen LogP) is 3.64. The number of thiazole rings is 1. The van der Waals surface area contributed by atoms with E-state index in [1.165, 1.54) is 32.5 Å². The number of amides is 1. The summed E-state index contributed by atoms with van der Waals surface area (Å²) in [6, 6.07) is 11.5. The van der Waals surface area contributed by atoms with E-state index in [2.05, 4.69) is 4.98 Å². The summed E-state index contributed by atoms with van der Waals surface area (Å²) in [4.78, 5) is 20.0. The van der Waals surface area contributed by atoms with Crippen LogP contribution in [0.2, 0.25) is 0 Å². The van der Waals surface area contributed by atoms with Crippen molar-refractivity contribution in [2.24, 2.45) is 0 Å². The van der Waals surface area contributed by atoms with Gasteiger partial charge >= 0.3 is 0 Å². The summed E-state index contributed by atoms with van der Waals surface area (Å²) in [5.41, 5.74) is 2.57. The zero-order chi connectivity index (χ0) is 20.6. The van der Waals surface area contributed by atoms with Crippen LogP contribution in [0.3, 0.4) is 0 Å². The molecule has 0 saturated carbocycles. The van der Waals surface area contributed by atoms with Crippen molar-refractivity contribution in [1.29, 1.82) is 0 Å². The molecule has 4 rings (SSSR count). The lowest BCUT2D eigenvalue weighted by atomic mass is 10.2. The summed E-state index contributed by atoms with van der Waals surface area (Å²) in [7, 11) is -3.49. The Hall–Kier alpha value is -2.07. The van der Waals surface area contributed by atoms with E-state index < -0.39 is 10.0 Å². The van der Waals surface area contributed by atoms with E-state index in [-0.39, 0.29) is 5.91 Å². The van der Waals surface area contributed by atoms with Crippen molar-refractivity contribution >= 4 is 38.6 Å². The average Bonchev–Trinajstić information content (AvgIpc) is 3.38. The molecule has 3 aromatic rings. The van der Waals surface area contributed by atoms with Crippen molar-refractivity contribution in [1.82, 2.24) is 14.2 Å². The van der Waals surface area contributed by atoms with E-state index in [0.29, 0.717) is 36.1 Å². The highest BCUT2D eigenvalue weighted by molar-refractivity contribution is 7.91. The van der Waals surface area contributed by atoms with Gasteiger partial charge in [-0.2, -0.15) is 4.31 Å². The number of sulfonamides is 1. The second-order valence-electron chi connectivity index (χ2n) is 6.97. The Bertz CT molecular complexity index is 1130. The van der Waals surface area contributed by atoms with Crippen LogP contribution in [0.25, 0.3) is 10.6 Å². The maximum absolute atomic E-state index is 12.8. The largest absolute Gasteiger partial charge is 0.335 e. The molecule has 1 fully saturated rings. The number of nitrogens with zero attached hydrogens (tertiary/aromatic N) is 3. The number of carbonyl (C=O) groups excluding carboxylic acids is 1. The Labute approximate surface area is 178 Å². The molecule has 1 aromatic carbocycles. The summed E-state index contributed by atoms with van der Waals surface area (Å²) >= 11 is 2.72. The smallest absolute Gasteiger partial charge is 0.273 e. The highest BCUT2D eigenvalue weighted by Crippen LogP contribution is 2.27. The molecule has 2 aromatic heterocycles. The lowest BCUT2D eigenvalue weighted by molar-refractivity contribution is 0.0693. The number of benzene rings is 1. The predicted molar refractivity (Wildman–Crippen MR) is 116 cm³/mol. The van der Waals surface area contributed by atoms with Crippen LogP contribution in [-0.2, 0) is 10.0 Å². The minimum atomic E-state index is -3.49. The molecule has 0 bridgehead atoms. The molecule has 9 heteroatoms. The molecule has 1 saturated heterocycles. The lowest BCUT2D eigenvalue weighted by Gasteiger charge is -2.33.